The predicted octanol–water partition coefficient (Wildman–Crippen LogP) is 2.44. The highest BCUT2D eigenvalue weighted by Crippen LogP contribution is 2.27. The minimum absolute atomic E-state index is 0.0392. The van der Waals surface area contributed by atoms with Gasteiger partial charge in [-0.15, -0.1) is 0 Å². The number of amides is 2. The molecule has 14 heteroatoms. The van der Waals surface area contributed by atoms with E-state index in [1.807, 2.05) is 0 Å². The van der Waals surface area contributed by atoms with Crippen molar-refractivity contribution in [2.45, 2.75) is 19.3 Å². The van der Waals surface area contributed by atoms with E-state index in [1.54, 1.807) is 18.2 Å². The number of nitrogens with zero attached hydrogens (tertiary/aromatic N) is 4. The molecule has 0 saturated carbocycles. The van der Waals surface area contributed by atoms with E-state index < -0.39 is 29.4 Å². The van der Waals surface area contributed by atoms with Gasteiger partial charge in [-0.1, -0.05) is 6.07 Å². The lowest BCUT2D eigenvalue weighted by atomic mass is 10.2. The van der Waals surface area contributed by atoms with Gasteiger partial charge in [0.15, 0.2) is 11.2 Å². The molecule has 37 heavy (non-hydrogen) atoms. The van der Waals surface area contributed by atoms with Gasteiger partial charge in [-0.25, -0.2) is 14.3 Å². The molecule has 2 amide bonds. The molecule has 4 heterocycles. The van der Waals surface area contributed by atoms with Crippen molar-refractivity contribution in [3.05, 3.63) is 93.6 Å². The Morgan fingerprint density at radius 1 is 0.973 bits per heavy atom. The van der Waals surface area contributed by atoms with Gasteiger partial charge in [0.2, 0.25) is 0 Å². The number of aromatic amines is 1. The molecule has 0 aliphatic rings. The van der Waals surface area contributed by atoms with E-state index in [-0.39, 0.29) is 35.7 Å². The van der Waals surface area contributed by atoms with Crippen LogP contribution in [0.5, 0.6) is 0 Å². The molecule has 0 atom stereocenters. The predicted molar refractivity (Wildman–Crippen MR) is 121 cm³/mol. The average Bonchev–Trinajstić information content (AvgIpc) is 3.50. The molecular weight excluding hydrogens is 495 g/mol. The van der Waals surface area contributed by atoms with Crippen LogP contribution in [0.25, 0.3) is 16.7 Å². The molecule has 0 spiro atoms. The number of nitrogens with one attached hydrogen (secondary N) is 3. The smallest absolute Gasteiger partial charge is 0.408 e. The summed E-state index contributed by atoms with van der Waals surface area (Å²) in [5.41, 5.74) is 0.762. The molecule has 0 aliphatic carbocycles. The van der Waals surface area contributed by atoms with Crippen molar-refractivity contribution in [3.8, 4) is 0 Å². The first-order valence-corrected chi connectivity index (χ1v) is 10.7. The highest BCUT2D eigenvalue weighted by molar-refractivity contribution is 5.98. The van der Waals surface area contributed by atoms with Crippen molar-refractivity contribution in [2.75, 3.05) is 0 Å². The molecule has 0 aliphatic heterocycles. The zero-order chi connectivity index (χ0) is 26.2. The van der Waals surface area contributed by atoms with E-state index in [9.17, 15) is 27.6 Å². The summed E-state index contributed by atoms with van der Waals surface area (Å²) in [4.78, 5) is 47.0. The second-order valence-corrected chi connectivity index (χ2v) is 7.89. The third kappa shape index (κ3) is 5.03. The number of rotatable bonds is 6. The maximum atomic E-state index is 12.9. The molecule has 0 radical (unpaired) electrons. The fourth-order valence-corrected chi connectivity index (χ4v) is 3.59. The third-order valence-corrected chi connectivity index (χ3v) is 5.33. The number of carbonyl (C=O) groups is 2. The van der Waals surface area contributed by atoms with Crippen molar-refractivity contribution in [3.63, 3.8) is 0 Å². The Morgan fingerprint density at radius 3 is 2.51 bits per heavy atom. The number of alkyl halides is 3. The Kier molecular flexibility index (Phi) is 5.91. The largest absolute Gasteiger partial charge is 0.433 e. The Balaban J connectivity index is 1.32. The zero-order valence-electron chi connectivity index (χ0n) is 18.7. The number of fused-ring (bicyclic) bond motifs is 2. The maximum absolute atomic E-state index is 12.9. The van der Waals surface area contributed by atoms with Crippen molar-refractivity contribution < 1.29 is 27.2 Å². The lowest BCUT2D eigenvalue weighted by Crippen LogP contribution is -2.28. The Hall–Kier alpha value is -5.01. The summed E-state index contributed by atoms with van der Waals surface area (Å²) in [5, 5.41) is 9.25. The van der Waals surface area contributed by atoms with Gasteiger partial charge in [-0.2, -0.15) is 18.3 Å². The van der Waals surface area contributed by atoms with E-state index in [4.69, 9.17) is 4.42 Å². The summed E-state index contributed by atoms with van der Waals surface area (Å²) < 4.78 is 44.9. The normalized spacial score (nSPS) is 11.6. The van der Waals surface area contributed by atoms with Crippen LogP contribution in [-0.4, -0.2) is 36.4 Å². The number of H-pyrrole nitrogens is 1. The molecule has 5 aromatic rings. The Morgan fingerprint density at radius 2 is 1.73 bits per heavy atom. The summed E-state index contributed by atoms with van der Waals surface area (Å²) in [6.45, 7) is -0.116. The summed E-state index contributed by atoms with van der Waals surface area (Å²) in [5.74, 6) is -1.85. The van der Waals surface area contributed by atoms with Crippen molar-refractivity contribution in [2.24, 2.45) is 0 Å². The number of halogens is 3. The fraction of sp³-hybridized carbons (Fsp3) is 0.130. The van der Waals surface area contributed by atoms with Crippen molar-refractivity contribution in [1.29, 1.82) is 0 Å². The van der Waals surface area contributed by atoms with Crippen LogP contribution in [-0.2, 0) is 19.3 Å². The molecule has 4 aromatic heterocycles. The average molecular weight is 511 g/mol. The number of carbonyl (C=O) groups excluding carboxylic acids is 2. The highest BCUT2D eigenvalue weighted by Gasteiger charge is 2.32. The van der Waals surface area contributed by atoms with Crippen LogP contribution in [0.2, 0.25) is 0 Å². The molecule has 188 valence electrons. The van der Waals surface area contributed by atoms with Crippen molar-refractivity contribution >= 4 is 28.6 Å². The SMILES string of the molecule is O=C(NCc1ccc2oc(=O)[nH]c2c1)c1cc(C(=O)NCc2ccnc(C(F)(F)F)c2)n2nccc2n1. The second-order valence-electron chi connectivity index (χ2n) is 7.89. The van der Waals surface area contributed by atoms with Gasteiger partial charge < -0.3 is 15.1 Å². The number of benzene rings is 1. The molecule has 0 fully saturated rings. The number of aromatic nitrogens is 5. The quantitative estimate of drug-likeness (QED) is 0.317. The van der Waals surface area contributed by atoms with Gasteiger partial charge in [0.05, 0.1) is 11.7 Å². The van der Waals surface area contributed by atoms with Gasteiger partial charge in [-0.05, 0) is 35.4 Å². The van der Waals surface area contributed by atoms with E-state index in [2.05, 4.69) is 30.7 Å². The van der Waals surface area contributed by atoms with Gasteiger partial charge in [0.25, 0.3) is 11.8 Å². The van der Waals surface area contributed by atoms with Gasteiger partial charge >= 0.3 is 11.9 Å². The Bertz CT molecular complexity index is 1700. The van der Waals surface area contributed by atoms with Crippen LogP contribution in [0.4, 0.5) is 13.2 Å². The summed E-state index contributed by atoms with van der Waals surface area (Å²) in [7, 11) is 0. The van der Waals surface area contributed by atoms with E-state index in [0.717, 1.165) is 12.3 Å². The highest BCUT2D eigenvalue weighted by atomic mass is 19.4. The summed E-state index contributed by atoms with van der Waals surface area (Å²) in [6.07, 6.45) is -2.22. The molecule has 11 nitrogen and oxygen atoms in total. The standard InChI is InChI=1S/C23H16F3N7O4/c24-23(25,26)18-8-13(3-5-27-18)11-29-21(35)16-9-15(31-19-4-6-30-33(16)19)20(34)28-10-12-1-2-17-14(7-12)32-22(36)37-17/h1-9H,10-11H2,(H,28,34)(H,29,35)(H,32,36). The van der Waals surface area contributed by atoms with Crippen LogP contribution in [0.15, 0.2) is 64.1 Å². The molecule has 0 bridgehead atoms. The lowest BCUT2D eigenvalue weighted by molar-refractivity contribution is -0.141. The molecule has 0 unspecified atom stereocenters. The van der Waals surface area contributed by atoms with Crippen LogP contribution in [0.3, 0.4) is 0 Å². The first-order valence-electron chi connectivity index (χ1n) is 10.7. The van der Waals surface area contributed by atoms with Crippen LogP contribution >= 0.6 is 0 Å². The zero-order valence-corrected chi connectivity index (χ0v) is 18.7. The first-order chi connectivity index (χ1) is 17.7. The maximum Gasteiger partial charge on any atom is 0.433 e. The van der Waals surface area contributed by atoms with Crippen LogP contribution in [0, 0.1) is 0 Å². The monoisotopic (exact) mass is 511 g/mol. The van der Waals surface area contributed by atoms with Gasteiger partial charge in [0.1, 0.15) is 17.1 Å². The molecule has 0 saturated heterocycles. The molecular formula is C23H16F3N7O4. The lowest BCUT2D eigenvalue weighted by Gasteiger charge is -2.11. The second kappa shape index (κ2) is 9.22. The Labute approximate surface area is 204 Å². The third-order valence-electron chi connectivity index (χ3n) is 5.33. The van der Waals surface area contributed by atoms with E-state index in [1.165, 1.54) is 28.9 Å². The van der Waals surface area contributed by atoms with Crippen LogP contribution < -0.4 is 16.4 Å². The van der Waals surface area contributed by atoms with Crippen molar-refractivity contribution in [1.82, 2.24) is 35.2 Å². The van der Waals surface area contributed by atoms with Gasteiger partial charge in [-0.3, -0.25) is 19.6 Å². The molecule has 1 aromatic carbocycles. The summed E-state index contributed by atoms with van der Waals surface area (Å²) in [6, 6.07) is 9.83. The summed E-state index contributed by atoms with van der Waals surface area (Å²) >= 11 is 0. The molecule has 3 N–H and O–H groups in total. The van der Waals surface area contributed by atoms with Crippen LogP contribution in [0.1, 0.15) is 37.8 Å². The number of pyridine rings is 1. The minimum Gasteiger partial charge on any atom is -0.408 e. The van der Waals surface area contributed by atoms with E-state index in [0.29, 0.717) is 16.7 Å². The van der Waals surface area contributed by atoms with Gasteiger partial charge in [0, 0.05) is 31.4 Å². The first kappa shape index (κ1) is 23.7. The minimum atomic E-state index is -4.61. The molecule has 5 rings (SSSR count). The number of hydrogen-bond donors (Lipinski definition) is 3. The number of hydrogen-bond acceptors (Lipinski definition) is 7. The topological polar surface area (TPSA) is 147 Å². The number of oxazole rings is 1. The fourth-order valence-electron chi connectivity index (χ4n) is 3.59. The van der Waals surface area contributed by atoms with E-state index >= 15 is 0 Å².